The van der Waals surface area contributed by atoms with E-state index in [1.807, 2.05) is 6.07 Å². The van der Waals surface area contributed by atoms with Gasteiger partial charge in [0.2, 0.25) is 5.91 Å². The molecule has 1 aromatic heterocycles. The Morgan fingerprint density at radius 1 is 1.07 bits per heavy atom. The highest BCUT2D eigenvalue weighted by Crippen LogP contribution is 2.11. The average Bonchev–Trinajstić information content (AvgIpc) is 3.24. The number of nitrogens with one attached hydrogen (secondary N) is 1. The van der Waals surface area contributed by atoms with Gasteiger partial charge in [0, 0.05) is 13.2 Å². The number of fused-ring (bicyclic) bond motifs is 1. The van der Waals surface area contributed by atoms with Crippen LogP contribution < -0.4 is 16.6 Å². The molecule has 1 fully saturated rings. The fourth-order valence-electron chi connectivity index (χ4n) is 3.51. The number of hydrogen-bond donors (Lipinski definition) is 1. The molecule has 1 amide bonds. The van der Waals surface area contributed by atoms with Crippen LogP contribution in [-0.4, -0.2) is 34.3 Å². The molecule has 0 aliphatic carbocycles. The molecule has 0 saturated carbocycles. The Morgan fingerprint density at radius 2 is 1.82 bits per heavy atom. The summed E-state index contributed by atoms with van der Waals surface area (Å²) in [7, 11) is 0. The first-order valence-corrected chi connectivity index (χ1v) is 9.33. The van der Waals surface area contributed by atoms with Crippen molar-refractivity contribution in [1.82, 2.24) is 14.5 Å². The summed E-state index contributed by atoms with van der Waals surface area (Å²) in [5.74, 6) is -0.291. The minimum absolute atomic E-state index is 0.0238. The minimum Gasteiger partial charge on any atom is -0.376 e. The lowest BCUT2D eigenvalue weighted by atomic mass is 10.2. The summed E-state index contributed by atoms with van der Waals surface area (Å²) < 4.78 is 7.96. The molecule has 1 aliphatic rings. The molecule has 4 rings (SSSR count). The molecule has 28 heavy (non-hydrogen) atoms. The highest BCUT2D eigenvalue weighted by molar-refractivity contribution is 5.81. The molecule has 144 valence electrons. The molecule has 1 atom stereocenters. The molecular formula is C21H21N3O4. The number of amides is 1. The lowest BCUT2D eigenvalue weighted by Gasteiger charge is -2.15. The van der Waals surface area contributed by atoms with Crippen LogP contribution in [-0.2, 0) is 16.1 Å². The van der Waals surface area contributed by atoms with Crippen LogP contribution in [0.4, 0.5) is 0 Å². The third-order valence-electron chi connectivity index (χ3n) is 4.92. The van der Waals surface area contributed by atoms with Crippen LogP contribution >= 0.6 is 0 Å². The number of nitrogens with zero attached hydrogens (tertiary/aromatic N) is 2. The molecule has 0 bridgehead atoms. The Labute approximate surface area is 161 Å². The summed E-state index contributed by atoms with van der Waals surface area (Å²) in [4.78, 5) is 38.5. The first-order valence-electron chi connectivity index (χ1n) is 9.33. The maximum absolute atomic E-state index is 13.1. The van der Waals surface area contributed by atoms with E-state index in [2.05, 4.69) is 5.32 Å². The van der Waals surface area contributed by atoms with Gasteiger partial charge in [-0.1, -0.05) is 30.3 Å². The van der Waals surface area contributed by atoms with Crippen LogP contribution in [0, 0.1) is 0 Å². The molecule has 1 N–H and O–H groups in total. The lowest BCUT2D eigenvalue weighted by Crippen LogP contribution is -2.42. The number of benzene rings is 2. The summed E-state index contributed by atoms with van der Waals surface area (Å²) in [5.41, 5.74) is -0.0290. The maximum Gasteiger partial charge on any atom is 0.336 e. The van der Waals surface area contributed by atoms with Crippen molar-refractivity contribution in [3.63, 3.8) is 0 Å². The number of ether oxygens (including phenoxy) is 1. The Balaban J connectivity index is 1.73. The predicted molar refractivity (Wildman–Crippen MR) is 106 cm³/mol. The quantitative estimate of drug-likeness (QED) is 0.727. The smallest absolute Gasteiger partial charge is 0.336 e. The highest BCUT2D eigenvalue weighted by atomic mass is 16.5. The van der Waals surface area contributed by atoms with Gasteiger partial charge in [-0.3, -0.25) is 14.2 Å². The molecule has 1 aliphatic heterocycles. The Kier molecular flexibility index (Phi) is 5.08. The third kappa shape index (κ3) is 3.48. The summed E-state index contributed by atoms with van der Waals surface area (Å²) in [6.45, 7) is 0.968. The van der Waals surface area contributed by atoms with Crippen LogP contribution in [0.25, 0.3) is 16.6 Å². The zero-order chi connectivity index (χ0) is 19.5. The van der Waals surface area contributed by atoms with Gasteiger partial charge in [0.25, 0.3) is 5.56 Å². The second kappa shape index (κ2) is 7.82. The monoisotopic (exact) mass is 379 g/mol. The SMILES string of the molecule is O=C(Cn1c(=O)n(-c2ccccc2)c(=O)c2ccccc21)NC[C@H]1CCCO1. The number of hydrogen-bond acceptors (Lipinski definition) is 4. The Hall–Kier alpha value is -3.19. The molecule has 7 nitrogen and oxygen atoms in total. The van der Waals surface area contributed by atoms with Gasteiger partial charge in [0.1, 0.15) is 6.54 Å². The molecule has 2 heterocycles. The fraction of sp³-hybridized carbons (Fsp3) is 0.286. The molecule has 0 unspecified atom stereocenters. The van der Waals surface area contributed by atoms with Crippen LogP contribution in [0.2, 0.25) is 0 Å². The minimum atomic E-state index is -0.540. The van der Waals surface area contributed by atoms with Crippen LogP contribution in [0.3, 0.4) is 0 Å². The van der Waals surface area contributed by atoms with E-state index in [0.717, 1.165) is 17.4 Å². The molecule has 2 aromatic carbocycles. The van der Waals surface area contributed by atoms with Crippen molar-refractivity contribution in [2.45, 2.75) is 25.5 Å². The van der Waals surface area contributed by atoms with Gasteiger partial charge in [-0.15, -0.1) is 0 Å². The van der Waals surface area contributed by atoms with E-state index >= 15 is 0 Å². The number of para-hydroxylation sites is 2. The first kappa shape index (κ1) is 18.2. The van der Waals surface area contributed by atoms with E-state index in [4.69, 9.17) is 4.74 Å². The van der Waals surface area contributed by atoms with Crippen LogP contribution in [0.1, 0.15) is 12.8 Å². The summed E-state index contributed by atoms with van der Waals surface area (Å²) >= 11 is 0. The van der Waals surface area contributed by atoms with Gasteiger partial charge in [0.15, 0.2) is 0 Å². The van der Waals surface area contributed by atoms with E-state index in [1.54, 1.807) is 48.5 Å². The fourth-order valence-corrected chi connectivity index (χ4v) is 3.51. The van der Waals surface area contributed by atoms with Gasteiger partial charge in [-0.05, 0) is 37.1 Å². The second-order valence-electron chi connectivity index (χ2n) is 6.80. The van der Waals surface area contributed by atoms with E-state index < -0.39 is 11.2 Å². The Bertz CT molecular complexity index is 1110. The summed E-state index contributed by atoms with van der Waals surface area (Å²) in [5, 5.41) is 3.21. The van der Waals surface area contributed by atoms with E-state index in [-0.39, 0.29) is 18.6 Å². The molecule has 0 radical (unpaired) electrons. The Morgan fingerprint density at radius 3 is 2.57 bits per heavy atom. The van der Waals surface area contributed by atoms with Crippen molar-refractivity contribution in [3.8, 4) is 5.69 Å². The van der Waals surface area contributed by atoms with Crippen molar-refractivity contribution in [1.29, 1.82) is 0 Å². The van der Waals surface area contributed by atoms with Gasteiger partial charge in [-0.2, -0.15) is 0 Å². The molecule has 3 aromatic rings. The van der Waals surface area contributed by atoms with Crippen molar-refractivity contribution in [2.24, 2.45) is 0 Å². The molecular weight excluding hydrogens is 358 g/mol. The van der Waals surface area contributed by atoms with E-state index in [0.29, 0.717) is 29.7 Å². The first-order chi connectivity index (χ1) is 13.6. The number of rotatable bonds is 5. The van der Waals surface area contributed by atoms with Gasteiger partial charge < -0.3 is 10.1 Å². The van der Waals surface area contributed by atoms with Crippen molar-refractivity contribution < 1.29 is 9.53 Å². The number of carbonyl (C=O) groups is 1. The number of aromatic nitrogens is 2. The van der Waals surface area contributed by atoms with Crippen molar-refractivity contribution in [3.05, 3.63) is 75.4 Å². The summed E-state index contributed by atoms with van der Waals surface area (Å²) in [6, 6.07) is 15.5. The normalized spacial score (nSPS) is 16.4. The van der Waals surface area contributed by atoms with Gasteiger partial charge >= 0.3 is 5.69 Å². The zero-order valence-electron chi connectivity index (χ0n) is 15.3. The number of carbonyl (C=O) groups excluding carboxylic acids is 1. The molecule has 0 spiro atoms. The van der Waals surface area contributed by atoms with Crippen LogP contribution in [0.5, 0.6) is 0 Å². The van der Waals surface area contributed by atoms with Crippen molar-refractivity contribution in [2.75, 3.05) is 13.2 Å². The van der Waals surface area contributed by atoms with E-state index in [9.17, 15) is 14.4 Å². The van der Waals surface area contributed by atoms with Crippen molar-refractivity contribution >= 4 is 16.8 Å². The molecule has 1 saturated heterocycles. The van der Waals surface area contributed by atoms with Crippen LogP contribution in [0.15, 0.2) is 64.2 Å². The molecule has 7 heteroatoms. The highest BCUT2D eigenvalue weighted by Gasteiger charge is 2.19. The predicted octanol–water partition coefficient (Wildman–Crippen LogP) is 1.45. The lowest BCUT2D eigenvalue weighted by molar-refractivity contribution is -0.122. The zero-order valence-corrected chi connectivity index (χ0v) is 15.3. The summed E-state index contributed by atoms with van der Waals surface area (Å²) in [6.07, 6.45) is 1.94. The van der Waals surface area contributed by atoms with Gasteiger partial charge in [0.05, 0.1) is 22.7 Å². The maximum atomic E-state index is 13.1. The average molecular weight is 379 g/mol. The van der Waals surface area contributed by atoms with E-state index in [1.165, 1.54) is 4.57 Å². The topological polar surface area (TPSA) is 82.3 Å². The largest absolute Gasteiger partial charge is 0.376 e. The second-order valence-corrected chi connectivity index (χ2v) is 6.80. The third-order valence-corrected chi connectivity index (χ3v) is 4.92. The van der Waals surface area contributed by atoms with Gasteiger partial charge in [-0.25, -0.2) is 9.36 Å². The standard InChI is InChI=1S/C21H21N3O4/c25-19(22-13-16-9-6-12-28-16)14-23-18-11-5-4-10-17(18)20(26)24(21(23)27)15-7-2-1-3-8-15/h1-5,7-8,10-11,16H,6,9,12-14H2,(H,22,25)/t16-/m1/s1.